The third kappa shape index (κ3) is 4.49. The number of para-hydroxylation sites is 1. The fraction of sp³-hybridized carbons (Fsp3) is 0.324. The van der Waals surface area contributed by atoms with Gasteiger partial charge in [0.1, 0.15) is 6.04 Å². The van der Waals surface area contributed by atoms with Gasteiger partial charge >= 0.3 is 6.03 Å². The average molecular weight is 549 g/mol. The number of imide groups is 1. The van der Waals surface area contributed by atoms with Crippen molar-refractivity contribution in [2.24, 2.45) is 5.92 Å². The molecule has 0 aliphatic carbocycles. The number of benzene rings is 3. The molecule has 4 aromatic rings. The molecule has 1 fully saturated rings. The van der Waals surface area contributed by atoms with E-state index in [-0.39, 0.29) is 23.7 Å². The molecular formula is C34H36N4O3. The Labute approximate surface area is 240 Å². The Morgan fingerprint density at radius 1 is 0.927 bits per heavy atom. The van der Waals surface area contributed by atoms with Gasteiger partial charge in [-0.1, -0.05) is 92.7 Å². The van der Waals surface area contributed by atoms with Crippen molar-refractivity contribution in [1.29, 1.82) is 0 Å². The van der Waals surface area contributed by atoms with Crippen LogP contribution in [0, 0.1) is 5.92 Å². The molecule has 6 rings (SSSR count). The summed E-state index contributed by atoms with van der Waals surface area (Å²) in [7, 11) is 0. The van der Waals surface area contributed by atoms with Gasteiger partial charge in [-0.05, 0) is 48.4 Å². The van der Waals surface area contributed by atoms with Gasteiger partial charge < -0.3 is 15.2 Å². The molecule has 4 amide bonds. The van der Waals surface area contributed by atoms with Crippen LogP contribution in [0.4, 0.5) is 4.79 Å². The number of amides is 4. The van der Waals surface area contributed by atoms with E-state index in [1.165, 1.54) is 4.90 Å². The molecule has 7 heteroatoms. The molecule has 41 heavy (non-hydrogen) atoms. The van der Waals surface area contributed by atoms with Crippen LogP contribution in [0.15, 0.2) is 84.9 Å². The number of nitrogens with zero attached hydrogens (tertiary/aromatic N) is 2. The van der Waals surface area contributed by atoms with E-state index in [2.05, 4.69) is 34.6 Å². The predicted octanol–water partition coefficient (Wildman–Crippen LogP) is 5.57. The largest absolute Gasteiger partial charge is 0.356 e. The Bertz CT molecular complexity index is 1560. The van der Waals surface area contributed by atoms with Crippen molar-refractivity contribution < 1.29 is 14.4 Å². The van der Waals surface area contributed by atoms with Gasteiger partial charge in [0.15, 0.2) is 5.54 Å². The number of urea groups is 1. The molecule has 1 saturated heterocycles. The van der Waals surface area contributed by atoms with E-state index in [9.17, 15) is 14.4 Å². The third-order valence-corrected chi connectivity index (χ3v) is 8.69. The molecule has 1 aromatic heterocycles. The van der Waals surface area contributed by atoms with Crippen LogP contribution in [0.3, 0.4) is 0 Å². The summed E-state index contributed by atoms with van der Waals surface area (Å²) in [5, 5.41) is 4.20. The highest BCUT2D eigenvalue weighted by molar-refractivity contribution is 6.11. The second-order valence-corrected chi connectivity index (χ2v) is 11.7. The molecule has 210 valence electrons. The zero-order valence-corrected chi connectivity index (χ0v) is 23.8. The normalized spacial score (nSPS) is 19.1. The molecule has 2 atom stereocenters. The first-order valence-electron chi connectivity index (χ1n) is 14.4. The molecule has 3 aromatic carbocycles. The minimum atomic E-state index is -1.18. The minimum Gasteiger partial charge on any atom is -0.356 e. The monoisotopic (exact) mass is 548 g/mol. The smallest absolute Gasteiger partial charge is 0.328 e. The lowest BCUT2D eigenvalue weighted by molar-refractivity contribution is -0.140. The van der Waals surface area contributed by atoms with Gasteiger partial charge in [-0.25, -0.2) is 9.69 Å². The number of rotatable bonds is 8. The summed E-state index contributed by atoms with van der Waals surface area (Å²) < 4.78 is 0. The van der Waals surface area contributed by atoms with Crippen LogP contribution in [-0.2, 0) is 21.5 Å². The number of aromatic nitrogens is 1. The first kappa shape index (κ1) is 26.8. The van der Waals surface area contributed by atoms with Gasteiger partial charge in [-0.3, -0.25) is 9.59 Å². The molecule has 0 saturated carbocycles. The van der Waals surface area contributed by atoms with E-state index in [1.54, 1.807) is 4.90 Å². The summed E-state index contributed by atoms with van der Waals surface area (Å²) in [4.78, 5) is 48.5. The quantitative estimate of drug-likeness (QED) is 0.283. The first-order chi connectivity index (χ1) is 19.8. The summed E-state index contributed by atoms with van der Waals surface area (Å²) >= 11 is 0. The molecular weight excluding hydrogens is 512 g/mol. The Balaban J connectivity index is 1.31. The summed E-state index contributed by atoms with van der Waals surface area (Å²) in [5.74, 6) is -0.626. The minimum absolute atomic E-state index is 0.0659. The van der Waals surface area contributed by atoms with Crippen molar-refractivity contribution in [3.8, 4) is 0 Å². The highest BCUT2D eigenvalue weighted by atomic mass is 16.2. The molecule has 2 N–H and O–H groups in total. The Morgan fingerprint density at radius 3 is 2.17 bits per heavy atom. The summed E-state index contributed by atoms with van der Waals surface area (Å²) in [6, 6.07) is 26.8. The van der Waals surface area contributed by atoms with Crippen LogP contribution in [0.1, 0.15) is 55.5 Å². The van der Waals surface area contributed by atoms with Crippen molar-refractivity contribution in [3.63, 3.8) is 0 Å². The number of H-pyrrole nitrogens is 1. The van der Waals surface area contributed by atoms with E-state index in [0.29, 0.717) is 25.9 Å². The topological polar surface area (TPSA) is 85.5 Å². The number of carbonyl (C=O) groups is 3. The number of hydrogen-bond acceptors (Lipinski definition) is 3. The molecule has 0 unspecified atom stereocenters. The van der Waals surface area contributed by atoms with Crippen molar-refractivity contribution in [2.75, 3.05) is 13.1 Å². The first-order valence-corrected chi connectivity index (χ1v) is 14.4. The van der Waals surface area contributed by atoms with Crippen LogP contribution >= 0.6 is 0 Å². The lowest BCUT2D eigenvalue weighted by atomic mass is 9.86. The second-order valence-electron chi connectivity index (χ2n) is 11.7. The van der Waals surface area contributed by atoms with E-state index < -0.39 is 17.6 Å². The van der Waals surface area contributed by atoms with Gasteiger partial charge in [0.05, 0.1) is 5.69 Å². The predicted molar refractivity (Wildman–Crippen MR) is 159 cm³/mol. The van der Waals surface area contributed by atoms with Crippen LogP contribution in [-0.4, -0.2) is 51.8 Å². The molecule has 0 spiro atoms. The Kier molecular flexibility index (Phi) is 6.89. The number of aromatic amines is 1. The second kappa shape index (κ2) is 10.5. The third-order valence-electron chi connectivity index (χ3n) is 8.69. The maximum atomic E-state index is 14.3. The number of carbonyl (C=O) groups excluding carboxylic acids is 3. The molecule has 3 heterocycles. The standard InChI is InChI=1S/C34H36N4O3/c1-22(2)20-29(31(39)35-21-27(23-12-6-4-7-13-23)24-14-8-5-9-15-24)38-32(40)34(3)30-26(18-19-37(34)33(38)41)25-16-10-11-17-28(25)36-30/h4-17,22,27,29,36H,18-21H2,1-3H3,(H,35,39)/t29-,34-/m0/s1. The van der Waals surface area contributed by atoms with Crippen molar-refractivity contribution in [1.82, 2.24) is 20.1 Å². The van der Waals surface area contributed by atoms with Gasteiger partial charge in [-0.15, -0.1) is 0 Å². The zero-order chi connectivity index (χ0) is 28.7. The number of fused-ring (bicyclic) bond motifs is 5. The maximum Gasteiger partial charge on any atom is 0.328 e. The number of hydrogen-bond donors (Lipinski definition) is 2. The molecule has 2 aliphatic heterocycles. The number of nitrogens with one attached hydrogen (secondary N) is 2. The lowest BCUT2D eigenvalue weighted by Gasteiger charge is -2.36. The van der Waals surface area contributed by atoms with Crippen molar-refractivity contribution >= 4 is 28.7 Å². The highest BCUT2D eigenvalue weighted by Gasteiger charge is 2.60. The van der Waals surface area contributed by atoms with E-state index in [0.717, 1.165) is 33.3 Å². The summed E-state index contributed by atoms with van der Waals surface area (Å²) in [6.07, 6.45) is 1.03. The SMILES string of the molecule is CC(C)C[C@@H](C(=O)NCC(c1ccccc1)c1ccccc1)N1C(=O)N2CCc3c([nH]c4ccccc34)[C@@]2(C)C1=O. The zero-order valence-electron chi connectivity index (χ0n) is 23.8. The van der Waals surface area contributed by atoms with Gasteiger partial charge in [0, 0.05) is 29.9 Å². The van der Waals surface area contributed by atoms with E-state index in [4.69, 9.17) is 0 Å². The van der Waals surface area contributed by atoms with Crippen LogP contribution in [0.2, 0.25) is 0 Å². The Hall–Kier alpha value is -4.39. The average Bonchev–Trinajstić information content (AvgIpc) is 3.46. The maximum absolute atomic E-state index is 14.3. The van der Waals surface area contributed by atoms with Gasteiger partial charge in [0.25, 0.3) is 5.91 Å². The van der Waals surface area contributed by atoms with Gasteiger partial charge in [0.2, 0.25) is 5.91 Å². The molecule has 7 nitrogen and oxygen atoms in total. The van der Waals surface area contributed by atoms with Crippen molar-refractivity contribution in [2.45, 2.75) is 51.1 Å². The fourth-order valence-electron chi connectivity index (χ4n) is 6.59. The van der Waals surface area contributed by atoms with E-state index in [1.807, 2.05) is 81.4 Å². The molecule has 2 aliphatic rings. The summed E-state index contributed by atoms with van der Waals surface area (Å²) in [5.41, 5.74) is 3.76. The van der Waals surface area contributed by atoms with Crippen LogP contribution < -0.4 is 5.32 Å². The highest BCUT2D eigenvalue weighted by Crippen LogP contribution is 2.45. The van der Waals surface area contributed by atoms with Crippen LogP contribution in [0.5, 0.6) is 0 Å². The van der Waals surface area contributed by atoms with Crippen molar-refractivity contribution in [3.05, 3.63) is 107 Å². The fourth-order valence-corrected chi connectivity index (χ4v) is 6.59. The Morgan fingerprint density at radius 2 is 1.54 bits per heavy atom. The van der Waals surface area contributed by atoms with Crippen LogP contribution in [0.25, 0.3) is 10.9 Å². The van der Waals surface area contributed by atoms with E-state index >= 15 is 0 Å². The van der Waals surface area contributed by atoms with Gasteiger partial charge in [-0.2, -0.15) is 0 Å². The molecule has 0 radical (unpaired) electrons. The molecule has 0 bridgehead atoms. The summed E-state index contributed by atoms with van der Waals surface area (Å²) in [6.45, 7) is 6.60. The lowest BCUT2D eigenvalue weighted by Crippen LogP contribution is -2.52.